The van der Waals surface area contributed by atoms with Crippen LogP contribution in [0.3, 0.4) is 0 Å². The molecule has 2 heteroatoms. The van der Waals surface area contributed by atoms with Crippen molar-refractivity contribution >= 4 is 95.3 Å². The molecule has 8 aromatic carbocycles. The molecule has 0 fully saturated rings. The summed E-state index contributed by atoms with van der Waals surface area (Å²) < 4.78 is 5.37. The van der Waals surface area contributed by atoms with Gasteiger partial charge in [0.25, 0.3) is 0 Å². The summed E-state index contributed by atoms with van der Waals surface area (Å²) in [4.78, 5) is 0. The van der Waals surface area contributed by atoms with E-state index in [1.165, 1.54) is 94.9 Å². The Kier molecular flexibility index (Phi) is 5.13. The minimum absolute atomic E-state index is 1.27. The molecular weight excluding hydrogens is 569 g/mol. The normalized spacial score (nSPS) is 12.1. The predicted molar refractivity (Wildman–Crippen MR) is 196 cm³/mol. The van der Waals surface area contributed by atoms with Crippen molar-refractivity contribution in [1.29, 1.82) is 0 Å². The Morgan fingerprint density at radius 2 is 0.659 bits per heavy atom. The maximum absolute atomic E-state index is 2.42. The van der Waals surface area contributed by atoms with Gasteiger partial charge in [0.05, 0.1) is 0 Å². The number of rotatable bonds is 2. The quantitative estimate of drug-likeness (QED) is 0.175. The van der Waals surface area contributed by atoms with Crippen LogP contribution in [-0.4, -0.2) is 0 Å². The average molecular weight is 593 g/mol. The largest absolute Gasteiger partial charge is 0.135 e. The zero-order chi connectivity index (χ0) is 28.8. The minimum Gasteiger partial charge on any atom is -0.135 e. The topological polar surface area (TPSA) is 0 Å². The van der Waals surface area contributed by atoms with Crippen LogP contribution in [0.5, 0.6) is 0 Å². The van der Waals surface area contributed by atoms with Crippen LogP contribution in [0.4, 0.5) is 0 Å². The molecule has 0 bridgehead atoms. The van der Waals surface area contributed by atoms with Gasteiger partial charge in [-0.1, -0.05) is 109 Å². The molecule has 2 aromatic heterocycles. The monoisotopic (exact) mass is 592 g/mol. The number of benzene rings is 8. The first-order chi connectivity index (χ1) is 21.8. The highest BCUT2D eigenvalue weighted by Gasteiger charge is 2.16. The van der Waals surface area contributed by atoms with E-state index in [9.17, 15) is 0 Å². The van der Waals surface area contributed by atoms with Crippen molar-refractivity contribution in [3.05, 3.63) is 146 Å². The zero-order valence-corrected chi connectivity index (χ0v) is 25.3. The van der Waals surface area contributed by atoms with E-state index in [1.807, 2.05) is 22.7 Å². The zero-order valence-electron chi connectivity index (χ0n) is 23.7. The summed E-state index contributed by atoms with van der Waals surface area (Å²) in [5.74, 6) is 0. The molecule has 0 aliphatic carbocycles. The van der Waals surface area contributed by atoms with E-state index < -0.39 is 0 Å². The molecule has 0 unspecified atom stereocenters. The van der Waals surface area contributed by atoms with Gasteiger partial charge < -0.3 is 0 Å². The fourth-order valence-corrected chi connectivity index (χ4v) is 9.59. The van der Waals surface area contributed by atoms with Gasteiger partial charge in [-0.3, -0.25) is 0 Å². The van der Waals surface area contributed by atoms with Crippen molar-refractivity contribution in [2.75, 3.05) is 0 Å². The molecule has 0 radical (unpaired) electrons. The molecule has 0 aliphatic rings. The first-order valence-corrected chi connectivity index (χ1v) is 16.6. The van der Waals surface area contributed by atoms with Crippen LogP contribution in [0.15, 0.2) is 146 Å². The lowest BCUT2D eigenvalue weighted by Gasteiger charge is -2.14. The average Bonchev–Trinajstić information content (AvgIpc) is 3.66. The fraction of sp³-hybridized carbons (Fsp3) is 0. The van der Waals surface area contributed by atoms with E-state index in [0.717, 1.165) is 0 Å². The van der Waals surface area contributed by atoms with Crippen molar-refractivity contribution in [2.24, 2.45) is 0 Å². The highest BCUT2D eigenvalue weighted by atomic mass is 32.1. The second kappa shape index (κ2) is 9.24. The first-order valence-electron chi connectivity index (χ1n) is 15.0. The van der Waals surface area contributed by atoms with Gasteiger partial charge in [0.2, 0.25) is 0 Å². The second-order valence-corrected chi connectivity index (χ2v) is 13.8. The summed E-state index contributed by atoms with van der Waals surface area (Å²) in [6.45, 7) is 0. The van der Waals surface area contributed by atoms with E-state index in [4.69, 9.17) is 0 Å². The van der Waals surface area contributed by atoms with Crippen molar-refractivity contribution in [1.82, 2.24) is 0 Å². The third-order valence-corrected chi connectivity index (χ3v) is 11.5. The molecule has 204 valence electrons. The number of hydrogen-bond acceptors (Lipinski definition) is 2. The van der Waals surface area contributed by atoms with Crippen molar-refractivity contribution < 1.29 is 0 Å². The van der Waals surface area contributed by atoms with Crippen LogP contribution >= 0.6 is 22.7 Å². The second-order valence-electron chi connectivity index (χ2n) is 11.6. The Balaban J connectivity index is 1.24. The third kappa shape index (κ3) is 3.44. The molecule has 10 aromatic rings. The summed E-state index contributed by atoms with van der Waals surface area (Å²) in [5.41, 5.74) is 5.14. The van der Waals surface area contributed by atoms with Gasteiger partial charge >= 0.3 is 0 Å². The summed E-state index contributed by atoms with van der Waals surface area (Å²) >= 11 is 3.76. The van der Waals surface area contributed by atoms with Crippen LogP contribution in [-0.2, 0) is 0 Å². The van der Waals surface area contributed by atoms with Gasteiger partial charge in [0.1, 0.15) is 0 Å². The first kappa shape index (κ1) is 24.4. The molecule has 0 atom stereocenters. The predicted octanol–water partition coefficient (Wildman–Crippen LogP) is 13.2. The SMILES string of the molecule is c1ccc2c(c1)sc1cccc(-c3ccc4c5ccc(-c6cccc7sc8ccccc8c67)cc5c5ccccc5c4c3)c12. The van der Waals surface area contributed by atoms with E-state index in [0.29, 0.717) is 0 Å². The lowest BCUT2D eigenvalue weighted by Crippen LogP contribution is -1.87. The number of fused-ring (bicyclic) bond motifs is 12. The molecule has 0 N–H and O–H groups in total. The van der Waals surface area contributed by atoms with Gasteiger partial charge in [-0.15, -0.1) is 22.7 Å². The standard InChI is InChI=1S/C42H24S2/c1-2-10-30-29(9-1)35-23-25(27-13-7-17-39-41(27)33-11-3-5-15-37(33)43-39)19-21-31(35)32-22-20-26(24-36(30)32)28-14-8-18-40-42(28)34-12-4-6-16-38(34)44-40/h1-24H. The highest BCUT2D eigenvalue weighted by molar-refractivity contribution is 7.26. The molecule has 0 saturated heterocycles. The van der Waals surface area contributed by atoms with Crippen LogP contribution in [0, 0.1) is 0 Å². The van der Waals surface area contributed by atoms with Crippen LogP contribution in [0.25, 0.3) is 94.9 Å². The third-order valence-electron chi connectivity index (χ3n) is 9.26. The summed E-state index contributed by atoms with van der Waals surface area (Å²) in [5, 5.41) is 13.2. The molecule has 0 nitrogen and oxygen atoms in total. The van der Waals surface area contributed by atoms with Gasteiger partial charge in [-0.25, -0.2) is 0 Å². The molecular formula is C42H24S2. The smallest absolute Gasteiger partial charge is 0.0361 e. The van der Waals surface area contributed by atoms with Gasteiger partial charge in [-0.05, 0) is 91.0 Å². The molecule has 2 heterocycles. The lowest BCUT2D eigenvalue weighted by molar-refractivity contribution is 1.71. The van der Waals surface area contributed by atoms with Crippen LogP contribution in [0.1, 0.15) is 0 Å². The Bertz CT molecular complexity index is 2560. The van der Waals surface area contributed by atoms with Crippen molar-refractivity contribution in [2.45, 2.75) is 0 Å². The van der Waals surface area contributed by atoms with E-state index >= 15 is 0 Å². The van der Waals surface area contributed by atoms with Gasteiger partial charge in [-0.2, -0.15) is 0 Å². The molecule has 0 spiro atoms. The van der Waals surface area contributed by atoms with E-state index in [1.54, 1.807) is 0 Å². The van der Waals surface area contributed by atoms with Gasteiger partial charge in [0, 0.05) is 40.3 Å². The summed E-state index contributed by atoms with van der Waals surface area (Å²) in [6, 6.07) is 54.2. The van der Waals surface area contributed by atoms with Crippen LogP contribution < -0.4 is 0 Å². The Hall–Kier alpha value is -5.02. The maximum Gasteiger partial charge on any atom is 0.0361 e. The Morgan fingerprint density at radius 3 is 1.14 bits per heavy atom. The molecule has 44 heavy (non-hydrogen) atoms. The molecule has 10 rings (SSSR count). The van der Waals surface area contributed by atoms with E-state index in [2.05, 4.69) is 146 Å². The van der Waals surface area contributed by atoms with Crippen molar-refractivity contribution in [3.63, 3.8) is 0 Å². The van der Waals surface area contributed by atoms with E-state index in [-0.39, 0.29) is 0 Å². The van der Waals surface area contributed by atoms with Gasteiger partial charge in [0.15, 0.2) is 0 Å². The maximum atomic E-state index is 2.42. The molecule has 0 amide bonds. The Morgan fingerprint density at radius 1 is 0.273 bits per heavy atom. The number of hydrogen-bond donors (Lipinski definition) is 0. The fourth-order valence-electron chi connectivity index (χ4n) is 7.32. The highest BCUT2D eigenvalue weighted by Crippen LogP contribution is 2.44. The number of thiophene rings is 2. The Labute approximate surface area is 262 Å². The lowest BCUT2D eigenvalue weighted by atomic mass is 9.89. The van der Waals surface area contributed by atoms with Crippen LogP contribution in [0.2, 0.25) is 0 Å². The van der Waals surface area contributed by atoms with Crippen molar-refractivity contribution in [3.8, 4) is 22.3 Å². The molecule has 0 aliphatic heterocycles. The summed E-state index contributed by atoms with van der Waals surface area (Å²) in [7, 11) is 0. The molecule has 0 saturated carbocycles. The summed E-state index contributed by atoms with van der Waals surface area (Å²) in [6.07, 6.45) is 0. The minimum atomic E-state index is 1.27.